The third-order valence-corrected chi connectivity index (χ3v) is 3.17. The number of hydrogen-bond donors (Lipinski definition) is 1. The highest BCUT2D eigenvalue weighted by Crippen LogP contribution is 2.37. The lowest BCUT2D eigenvalue weighted by Crippen LogP contribution is -2.13. The number of hydrogen-bond acceptors (Lipinski definition) is 3. The average Bonchev–Trinajstić information content (AvgIpc) is 2.42. The Morgan fingerprint density at radius 1 is 1.21 bits per heavy atom. The highest BCUT2D eigenvalue weighted by atomic mass is 35.5. The minimum absolute atomic E-state index is 0.0333. The van der Waals surface area contributed by atoms with Crippen molar-refractivity contribution in [2.24, 2.45) is 0 Å². The largest absolute Gasteiger partial charge is 0.495 e. The molecule has 0 aliphatic heterocycles. The van der Waals surface area contributed by atoms with E-state index < -0.39 is 5.82 Å². The summed E-state index contributed by atoms with van der Waals surface area (Å²) in [6.07, 6.45) is 0. The molecular weight excluding hydrogens is 267 g/mol. The number of methoxy groups -OCH3 is 1. The minimum Gasteiger partial charge on any atom is -0.495 e. The Morgan fingerprint density at radius 2 is 1.89 bits per heavy atom. The normalized spacial score (nSPS) is 10.3. The van der Waals surface area contributed by atoms with E-state index in [9.17, 15) is 4.39 Å². The fraction of sp³-hybridized carbons (Fsp3) is 0.143. The molecule has 19 heavy (non-hydrogen) atoms. The molecule has 2 aromatic carbocycles. The summed E-state index contributed by atoms with van der Waals surface area (Å²) in [7, 11) is 3.41. The fourth-order valence-electron chi connectivity index (χ4n) is 1.88. The first kappa shape index (κ1) is 13.5. The number of benzene rings is 2. The molecule has 0 saturated heterocycles. The third-order valence-electron chi connectivity index (χ3n) is 2.88. The van der Waals surface area contributed by atoms with Crippen LogP contribution in [0.1, 0.15) is 0 Å². The van der Waals surface area contributed by atoms with Crippen molar-refractivity contribution < 1.29 is 9.13 Å². The smallest absolute Gasteiger partial charge is 0.143 e. The molecule has 2 rings (SSSR count). The number of ether oxygens (including phenoxy) is 1. The molecule has 2 aromatic rings. The number of rotatable bonds is 3. The van der Waals surface area contributed by atoms with Gasteiger partial charge in [-0.05, 0) is 18.2 Å². The van der Waals surface area contributed by atoms with E-state index in [1.807, 2.05) is 31.3 Å². The Labute approximate surface area is 116 Å². The van der Waals surface area contributed by atoms with Crippen molar-refractivity contribution in [3.05, 3.63) is 47.2 Å². The van der Waals surface area contributed by atoms with Gasteiger partial charge in [-0.1, -0.05) is 23.7 Å². The lowest BCUT2D eigenvalue weighted by atomic mass is 10.2. The quantitative estimate of drug-likeness (QED) is 0.868. The summed E-state index contributed by atoms with van der Waals surface area (Å²) in [4.78, 5) is 1.81. The van der Waals surface area contributed by atoms with Gasteiger partial charge >= 0.3 is 0 Å². The SMILES string of the molecule is COc1ccccc1N(C)c1cc(Cl)c(F)cc1N. The molecule has 0 aliphatic rings. The summed E-state index contributed by atoms with van der Waals surface area (Å²) in [5.41, 5.74) is 7.59. The lowest BCUT2D eigenvalue weighted by molar-refractivity contribution is 0.415. The maximum absolute atomic E-state index is 13.3. The molecule has 3 nitrogen and oxygen atoms in total. The molecule has 0 aromatic heterocycles. The predicted octanol–water partition coefficient (Wildman–Crippen LogP) is 3.84. The third kappa shape index (κ3) is 2.58. The molecule has 5 heteroatoms. The topological polar surface area (TPSA) is 38.5 Å². The number of nitrogens with zero attached hydrogens (tertiary/aromatic N) is 1. The molecule has 0 radical (unpaired) electrons. The van der Waals surface area contributed by atoms with Crippen LogP contribution in [0.15, 0.2) is 36.4 Å². The van der Waals surface area contributed by atoms with Crippen molar-refractivity contribution in [1.82, 2.24) is 0 Å². The van der Waals surface area contributed by atoms with E-state index >= 15 is 0 Å². The first-order valence-corrected chi connectivity index (χ1v) is 6.03. The van der Waals surface area contributed by atoms with Crippen LogP contribution >= 0.6 is 11.6 Å². The van der Waals surface area contributed by atoms with Gasteiger partial charge < -0.3 is 15.4 Å². The van der Waals surface area contributed by atoms with Crippen LogP contribution in [-0.2, 0) is 0 Å². The van der Waals surface area contributed by atoms with Crippen LogP contribution in [0.4, 0.5) is 21.5 Å². The summed E-state index contributed by atoms with van der Waals surface area (Å²) < 4.78 is 18.6. The van der Waals surface area contributed by atoms with Crippen LogP contribution in [0.3, 0.4) is 0 Å². The number of anilines is 3. The van der Waals surface area contributed by atoms with Crippen LogP contribution in [-0.4, -0.2) is 14.2 Å². The lowest BCUT2D eigenvalue weighted by Gasteiger charge is -2.23. The Hall–Kier alpha value is -1.94. The zero-order valence-corrected chi connectivity index (χ0v) is 11.4. The number of nitrogens with two attached hydrogens (primary N) is 1. The van der Waals surface area contributed by atoms with Crippen molar-refractivity contribution in [3.63, 3.8) is 0 Å². The van der Waals surface area contributed by atoms with Gasteiger partial charge in [-0.25, -0.2) is 4.39 Å². The summed E-state index contributed by atoms with van der Waals surface area (Å²) in [6, 6.07) is 10.2. The van der Waals surface area contributed by atoms with E-state index in [2.05, 4.69) is 0 Å². The molecule has 100 valence electrons. The van der Waals surface area contributed by atoms with Gasteiger partial charge in [0.2, 0.25) is 0 Å². The molecule has 0 aliphatic carbocycles. The first-order valence-electron chi connectivity index (χ1n) is 5.66. The Bertz CT molecular complexity index is 604. The number of halogens is 2. The second-order valence-electron chi connectivity index (χ2n) is 4.06. The maximum Gasteiger partial charge on any atom is 0.143 e. The van der Waals surface area contributed by atoms with Gasteiger partial charge in [0.25, 0.3) is 0 Å². The molecule has 0 fully saturated rings. The predicted molar refractivity (Wildman–Crippen MR) is 76.9 cm³/mol. The van der Waals surface area contributed by atoms with Gasteiger partial charge in [-0.15, -0.1) is 0 Å². The first-order chi connectivity index (χ1) is 9.04. The van der Waals surface area contributed by atoms with Crippen molar-refractivity contribution >= 4 is 28.7 Å². The van der Waals surface area contributed by atoms with Gasteiger partial charge in [0, 0.05) is 13.1 Å². The van der Waals surface area contributed by atoms with Gasteiger partial charge in [0.15, 0.2) is 0 Å². The molecule has 0 saturated carbocycles. The molecule has 0 atom stereocenters. The second-order valence-corrected chi connectivity index (χ2v) is 4.46. The van der Waals surface area contributed by atoms with Crippen LogP contribution in [0.2, 0.25) is 5.02 Å². The fourth-order valence-corrected chi connectivity index (χ4v) is 2.04. The van der Waals surface area contributed by atoms with E-state index in [4.69, 9.17) is 22.1 Å². The zero-order valence-electron chi connectivity index (χ0n) is 10.7. The summed E-state index contributed by atoms with van der Waals surface area (Å²) >= 11 is 5.80. The van der Waals surface area contributed by atoms with Crippen LogP contribution in [0, 0.1) is 5.82 Å². The summed E-state index contributed by atoms with van der Waals surface area (Å²) in [6.45, 7) is 0. The van der Waals surface area contributed by atoms with E-state index in [0.29, 0.717) is 17.1 Å². The number of nitrogen functional groups attached to an aromatic ring is 1. The highest BCUT2D eigenvalue weighted by Gasteiger charge is 2.14. The van der Waals surface area contributed by atoms with Gasteiger partial charge in [-0.3, -0.25) is 0 Å². The molecule has 0 unspecified atom stereocenters. The van der Waals surface area contributed by atoms with E-state index in [0.717, 1.165) is 5.69 Å². The van der Waals surface area contributed by atoms with Gasteiger partial charge in [0.05, 0.1) is 29.2 Å². The van der Waals surface area contributed by atoms with Crippen molar-refractivity contribution in [2.75, 3.05) is 24.8 Å². The number of para-hydroxylation sites is 2. The van der Waals surface area contributed by atoms with Crippen molar-refractivity contribution in [2.45, 2.75) is 0 Å². The maximum atomic E-state index is 13.3. The van der Waals surface area contributed by atoms with E-state index in [1.165, 1.54) is 12.1 Å². The average molecular weight is 281 g/mol. The van der Waals surface area contributed by atoms with Crippen LogP contribution in [0.25, 0.3) is 0 Å². The van der Waals surface area contributed by atoms with Crippen LogP contribution in [0.5, 0.6) is 5.75 Å². The zero-order chi connectivity index (χ0) is 14.0. The molecular formula is C14H14ClFN2O. The molecule has 0 bridgehead atoms. The summed E-state index contributed by atoms with van der Waals surface area (Å²) in [5.74, 6) is 0.168. The molecule has 0 amide bonds. The summed E-state index contributed by atoms with van der Waals surface area (Å²) in [5, 5.41) is 0.0333. The van der Waals surface area contributed by atoms with Crippen molar-refractivity contribution in [3.8, 4) is 5.75 Å². The monoisotopic (exact) mass is 280 g/mol. The van der Waals surface area contributed by atoms with Gasteiger partial charge in [0.1, 0.15) is 11.6 Å². The van der Waals surface area contributed by atoms with Gasteiger partial charge in [-0.2, -0.15) is 0 Å². The minimum atomic E-state index is -0.531. The van der Waals surface area contributed by atoms with E-state index in [1.54, 1.807) is 12.0 Å². The van der Waals surface area contributed by atoms with Crippen LogP contribution < -0.4 is 15.4 Å². The Morgan fingerprint density at radius 3 is 2.58 bits per heavy atom. The van der Waals surface area contributed by atoms with E-state index in [-0.39, 0.29) is 5.02 Å². The molecule has 0 spiro atoms. The Balaban J connectivity index is 2.50. The molecule has 0 heterocycles. The molecule has 2 N–H and O–H groups in total. The standard InChI is InChI=1S/C14H14ClFN2O/c1-18(12-5-3-4-6-14(12)19-2)13-7-9(15)10(16)8-11(13)17/h3-8H,17H2,1-2H3. The van der Waals surface area contributed by atoms with Crippen molar-refractivity contribution in [1.29, 1.82) is 0 Å². The second kappa shape index (κ2) is 5.36. The Kier molecular flexibility index (Phi) is 3.81. The highest BCUT2D eigenvalue weighted by molar-refractivity contribution is 6.31.